The van der Waals surface area contributed by atoms with Gasteiger partial charge < -0.3 is 4.74 Å². The number of alkyl halides is 1. The third kappa shape index (κ3) is 3.55. The topological polar surface area (TPSA) is 60.4 Å². The van der Waals surface area contributed by atoms with Gasteiger partial charge in [-0.15, -0.1) is 11.6 Å². The lowest BCUT2D eigenvalue weighted by Gasteiger charge is -2.53. The molecule has 5 heteroatoms. The summed E-state index contributed by atoms with van der Waals surface area (Å²) in [5.74, 6) is 0.176. The molecule has 4 aliphatic carbocycles. The van der Waals surface area contributed by atoms with Crippen LogP contribution in [0.3, 0.4) is 0 Å². The van der Waals surface area contributed by atoms with E-state index in [0.717, 1.165) is 31.3 Å². The Morgan fingerprint density at radius 2 is 2.00 bits per heavy atom. The Morgan fingerprint density at radius 1 is 1.26 bits per heavy atom. The summed E-state index contributed by atoms with van der Waals surface area (Å²) in [5, 5.41) is -0.172. The fraction of sp³-hybridized carbons (Fsp3) is 0.654. The largest absolute Gasteiger partial charge is 0.457 e. The molecule has 0 spiro atoms. The van der Waals surface area contributed by atoms with Gasteiger partial charge in [-0.25, -0.2) is 0 Å². The Labute approximate surface area is 190 Å². The maximum atomic E-state index is 13.1. The van der Waals surface area contributed by atoms with Crippen LogP contribution < -0.4 is 0 Å². The average Bonchev–Trinajstić information content (AvgIpc) is 3.10. The zero-order valence-corrected chi connectivity index (χ0v) is 19.7. The number of ether oxygens (including phenoxy) is 1. The van der Waals surface area contributed by atoms with Gasteiger partial charge in [0.2, 0.25) is 0 Å². The van der Waals surface area contributed by atoms with Crippen LogP contribution in [0.2, 0.25) is 0 Å². The van der Waals surface area contributed by atoms with Crippen molar-refractivity contribution in [1.29, 1.82) is 0 Å². The predicted molar refractivity (Wildman–Crippen MR) is 121 cm³/mol. The monoisotopic (exact) mass is 444 g/mol. The zero-order valence-electron chi connectivity index (χ0n) is 18.9. The number of Topliss-reactive ketones (excluding diaryl/α,β-unsaturated/α-hetero) is 1. The summed E-state index contributed by atoms with van der Waals surface area (Å²) in [5.41, 5.74) is 1.92. The minimum atomic E-state index is -0.307. The van der Waals surface area contributed by atoms with Gasteiger partial charge in [0.1, 0.15) is 6.61 Å². The fourth-order valence-corrected chi connectivity index (χ4v) is 7.09. The van der Waals surface area contributed by atoms with Gasteiger partial charge in [0.15, 0.2) is 11.6 Å². The summed E-state index contributed by atoms with van der Waals surface area (Å²) in [6, 6.07) is 0. The lowest BCUT2D eigenvalue weighted by Crippen LogP contribution is -2.47. The van der Waals surface area contributed by atoms with Crippen molar-refractivity contribution >= 4 is 29.1 Å². The van der Waals surface area contributed by atoms with Gasteiger partial charge in [0.05, 0.1) is 11.3 Å². The Morgan fingerprint density at radius 3 is 2.71 bits per heavy atom. The molecule has 0 aromatic heterocycles. The summed E-state index contributed by atoms with van der Waals surface area (Å²) in [6.07, 6.45) is 11.9. The van der Waals surface area contributed by atoms with E-state index in [1.807, 2.05) is 19.9 Å². The van der Waals surface area contributed by atoms with Crippen LogP contribution in [0.4, 0.5) is 0 Å². The summed E-state index contributed by atoms with van der Waals surface area (Å²) in [6.45, 7) is 8.05. The molecule has 2 saturated carbocycles. The van der Waals surface area contributed by atoms with Crippen LogP contribution in [0, 0.1) is 34.5 Å². The molecular formula is C26H33ClO4. The van der Waals surface area contributed by atoms with Crippen LogP contribution >= 0.6 is 11.6 Å². The van der Waals surface area contributed by atoms with Gasteiger partial charge in [0.25, 0.3) is 0 Å². The van der Waals surface area contributed by atoms with Crippen molar-refractivity contribution in [2.75, 3.05) is 6.61 Å². The Hall–Kier alpha value is -1.68. The van der Waals surface area contributed by atoms with Crippen molar-refractivity contribution in [3.8, 4) is 0 Å². The first-order valence-corrected chi connectivity index (χ1v) is 12.0. The maximum Gasteiger partial charge on any atom is 0.309 e. The van der Waals surface area contributed by atoms with Crippen molar-refractivity contribution in [3.05, 3.63) is 35.5 Å². The van der Waals surface area contributed by atoms with Crippen molar-refractivity contribution in [2.24, 2.45) is 34.5 Å². The van der Waals surface area contributed by atoms with Crippen LogP contribution in [0.15, 0.2) is 35.5 Å². The van der Waals surface area contributed by atoms with E-state index in [9.17, 15) is 14.4 Å². The highest BCUT2D eigenvalue weighted by atomic mass is 35.5. The lowest BCUT2D eigenvalue weighted by molar-refractivity contribution is -0.153. The van der Waals surface area contributed by atoms with E-state index in [2.05, 4.69) is 19.9 Å². The lowest BCUT2D eigenvalue weighted by atomic mass is 9.52. The van der Waals surface area contributed by atoms with E-state index in [4.69, 9.17) is 16.3 Å². The van der Waals surface area contributed by atoms with Crippen LogP contribution in [-0.2, 0) is 19.1 Å². The van der Waals surface area contributed by atoms with Crippen molar-refractivity contribution in [2.45, 2.75) is 65.2 Å². The first-order valence-electron chi connectivity index (χ1n) is 11.6. The van der Waals surface area contributed by atoms with Gasteiger partial charge in [-0.2, -0.15) is 0 Å². The molecule has 4 aliphatic rings. The third-order valence-corrected chi connectivity index (χ3v) is 9.11. The van der Waals surface area contributed by atoms with Crippen LogP contribution in [0.5, 0.6) is 0 Å². The number of fused-ring (bicyclic) bond motifs is 5. The summed E-state index contributed by atoms with van der Waals surface area (Å²) < 4.78 is 5.34. The summed E-state index contributed by atoms with van der Waals surface area (Å²) in [7, 11) is 0. The molecule has 168 valence electrons. The number of ketones is 2. The summed E-state index contributed by atoms with van der Waals surface area (Å²) >= 11 is 6.82. The van der Waals surface area contributed by atoms with Gasteiger partial charge in [-0.1, -0.05) is 38.5 Å². The van der Waals surface area contributed by atoms with Gasteiger partial charge in [0, 0.05) is 11.3 Å². The van der Waals surface area contributed by atoms with Gasteiger partial charge in [-0.05, 0) is 74.0 Å². The highest BCUT2D eigenvalue weighted by molar-refractivity contribution is 6.23. The quantitative estimate of drug-likeness (QED) is 0.332. The molecule has 7 atom stereocenters. The average molecular weight is 445 g/mol. The number of carbonyl (C=O) groups excluding carboxylic acids is 3. The molecule has 0 bridgehead atoms. The molecule has 0 amide bonds. The van der Waals surface area contributed by atoms with E-state index in [0.29, 0.717) is 18.3 Å². The van der Waals surface area contributed by atoms with E-state index in [-0.39, 0.29) is 52.2 Å². The maximum absolute atomic E-state index is 13.1. The highest BCUT2D eigenvalue weighted by Gasteiger charge is 2.58. The number of rotatable bonds is 5. The van der Waals surface area contributed by atoms with E-state index < -0.39 is 0 Å². The van der Waals surface area contributed by atoms with Crippen LogP contribution in [0.1, 0.15) is 59.8 Å². The standard InChI is InChI=1S/C26H33ClO4/c1-5-15(2)24(30)31-14-23(29)20-7-6-18-17-13-22(27)21-12-16(28)8-10-26(21,4)19(17)9-11-25(18,20)3/h8-10,12,15,17-18,20,22H,5-7,11,13-14H2,1-4H3/t15?,17-,18-,20+,22-,25-,26+/m0/s1. The second kappa shape index (κ2) is 8.03. The van der Waals surface area contributed by atoms with E-state index in [1.165, 1.54) is 5.57 Å². The molecule has 0 heterocycles. The predicted octanol–water partition coefficient (Wildman–Crippen LogP) is 5.21. The Kier molecular flexibility index (Phi) is 5.83. The third-order valence-electron chi connectivity index (χ3n) is 8.69. The molecule has 0 aromatic carbocycles. The molecule has 2 fully saturated rings. The van der Waals surface area contributed by atoms with Crippen molar-refractivity contribution < 1.29 is 19.1 Å². The van der Waals surface area contributed by atoms with E-state index in [1.54, 1.807) is 12.2 Å². The number of carbonyl (C=O) groups is 3. The molecule has 4 rings (SSSR count). The van der Waals surface area contributed by atoms with Crippen LogP contribution in [0.25, 0.3) is 0 Å². The number of hydrogen-bond acceptors (Lipinski definition) is 4. The number of esters is 1. The second-order valence-corrected chi connectivity index (χ2v) is 10.9. The number of hydrogen-bond donors (Lipinski definition) is 0. The highest BCUT2D eigenvalue weighted by Crippen LogP contribution is 2.64. The first kappa shape index (κ1) is 22.5. The van der Waals surface area contributed by atoms with E-state index >= 15 is 0 Å². The summed E-state index contributed by atoms with van der Waals surface area (Å²) in [4.78, 5) is 37.1. The van der Waals surface area contributed by atoms with Gasteiger partial charge in [-0.3, -0.25) is 14.4 Å². The molecule has 0 saturated heterocycles. The smallest absolute Gasteiger partial charge is 0.309 e. The first-order chi connectivity index (χ1) is 14.6. The van der Waals surface area contributed by atoms with Crippen molar-refractivity contribution in [1.82, 2.24) is 0 Å². The number of allylic oxidation sites excluding steroid dienone is 6. The zero-order chi connectivity index (χ0) is 22.6. The molecule has 0 aliphatic heterocycles. The minimum absolute atomic E-state index is 0.0105. The van der Waals surface area contributed by atoms with Crippen molar-refractivity contribution in [3.63, 3.8) is 0 Å². The molecule has 0 radical (unpaired) electrons. The molecular weight excluding hydrogens is 412 g/mol. The normalized spacial score (nSPS) is 39.6. The molecule has 31 heavy (non-hydrogen) atoms. The molecule has 0 N–H and O–H groups in total. The second-order valence-electron chi connectivity index (χ2n) is 10.3. The molecule has 1 unspecified atom stereocenters. The molecule has 4 nitrogen and oxygen atoms in total. The van der Waals surface area contributed by atoms with Gasteiger partial charge >= 0.3 is 5.97 Å². The SMILES string of the molecule is CCC(C)C(=O)OCC(=O)[C@H]1CC[C@H]2[C@@H]3C[C@H](Cl)C4=CC(=O)C=C[C@]4(C)C3=CC[C@]12C. The Bertz CT molecular complexity index is 899. The fourth-order valence-electron chi connectivity index (χ4n) is 6.61. The molecule has 0 aromatic rings. The minimum Gasteiger partial charge on any atom is -0.457 e. The van der Waals surface area contributed by atoms with Crippen LogP contribution in [-0.4, -0.2) is 29.5 Å². The number of halogens is 1. The Balaban J connectivity index is 1.56.